The maximum absolute atomic E-state index is 11.6. The molecule has 7 heteroatoms. The molecule has 126 valence electrons. The first-order chi connectivity index (χ1) is 11.7. The molecule has 7 nitrogen and oxygen atoms in total. The normalized spacial score (nSPS) is 14.5. The van der Waals surface area contributed by atoms with Crippen molar-refractivity contribution in [1.29, 1.82) is 5.26 Å². The Morgan fingerprint density at radius 2 is 2.08 bits per heavy atom. The van der Waals surface area contributed by atoms with Gasteiger partial charge in [0, 0.05) is 32.4 Å². The second kappa shape index (κ2) is 8.67. The Labute approximate surface area is 141 Å². The Kier molecular flexibility index (Phi) is 6.32. The molecule has 0 unspecified atom stereocenters. The molecule has 1 aliphatic heterocycles. The van der Waals surface area contributed by atoms with Crippen LogP contribution in [0.3, 0.4) is 0 Å². The third-order valence-electron chi connectivity index (χ3n) is 3.99. The van der Waals surface area contributed by atoms with Crippen LogP contribution in [-0.2, 0) is 9.59 Å². The van der Waals surface area contributed by atoms with Gasteiger partial charge in [0.15, 0.2) is 0 Å². The fourth-order valence-electron chi connectivity index (χ4n) is 2.65. The molecule has 0 spiro atoms. The fourth-order valence-corrected chi connectivity index (χ4v) is 2.65. The summed E-state index contributed by atoms with van der Waals surface area (Å²) in [6.07, 6.45) is 4.95. The van der Waals surface area contributed by atoms with Crippen LogP contribution in [0.25, 0.3) is 0 Å². The van der Waals surface area contributed by atoms with Crippen molar-refractivity contribution in [2.45, 2.75) is 12.8 Å². The van der Waals surface area contributed by atoms with Crippen LogP contribution < -0.4 is 15.5 Å². The van der Waals surface area contributed by atoms with Crippen molar-refractivity contribution in [1.82, 2.24) is 15.6 Å². The van der Waals surface area contributed by atoms with Gasteiger partial charge in [-0.15, -0.1) is 6.58 Å². The summed E-state index contributed by atoms with van der Waals surface area (Å²) < 4.78 is 0. The number of piperidine rings is 1. The van der Waals surface area contributed by atoms with Crippen LogP contribution in [-0.4, -0.2) is 43.0 Å². The number of amides is 2. The van der Waals surface area contributed by atoms with Crippen molar-refractivity contribution in [2.75, 3.05) is 31.1 Å². The van der Waals surface area contributed by atoms with E-state index < -0.39 is 11.8 Å². The lowest BCUT2D eigenvalue weighted by Crippen LogP contribution is -2.44. The van der Waals surface area contributed by atoms with Gasteiger partial charge in [-0.2, -0.15) is 5.26 Å². The molecule has 0 aromatic carbocycles. The van der Waals surface area contributed by atoms with Crippen molar-refractivity contribution in [3.63, 3.8) is 0 Å². The van der Waals surface area contributed by atoms with Crippen molar-refractivity contribution >= 4 is 17.6 Å². The van der Waals surface area contributed by atoms with E-state index in [1.807, 2.05) is 0 Å². The fraction of sp³-hybridized carbons (Fsp3) is 0.412. The number of carbonyl (C=O) groups excluding carboxylic acids is 2. The number of nitriles is 1. The number of nitrogens with zero attached hydrogens (tertiary/aromatic N) is 3. The van der Waals surface area contributed by atoms with Crippen LogP contribution >= 0.6 is 0 Å². The number of hydrogen-bond donors (Lipinski definition) is 2. The highest BCUT2D eigenvalue weighted by Gasteiger charge is 2.23. The number of nitrogens with one attached hydrogen (secondary N) is 2. The van der Waals surface area contributed by atoms with Gasteiger partial charge < -0.3 is 15.5 Å². The van der Waals surface area contributed by atoms with Crippen LogP contribution in [0.15, 0.2) is 31.0 Å². The molecule has 0 atom stereocenters. The zero-order valence-corrected chi connectivity index (χ0v) is 13.5. The van der Waals surface area contributed by atoms with Crippen molar-refractivity contribution < 1.29 is 9.59 Å². The Balaban J connectivity index is 1.79. The van der Waals surface area contributed by atoms with Gasteiger partial charge in [0.05, 0.1) is 5.56 Å². The molecule has 2 N–H and O–H groups in total. The highest BCUT2D eigenvalue weighted by Crippen LogP contribution is 2.23. The van der Waals surface area contributed by atoms with E-state index in [2.05, 4.69) is 33.2 Å². The molecule has 1 aliphatic rings. The highest BCUT2D eigenvalue weighted by molar-refractivity contribution is 6.35. The average Bonchev–Trinajstić information content (AvgIpc) is 2.64. The quantitative estimate of drug-likeness (QED) is 0.609. The number of anilines is 1. The van der Waals surface area contributed by atoms with Gasteiger partial charge in [0.2, 0.25) is 0 Å². The minimum Gasteiger partial charge on any atom is -0.356 e. The molecule has 0 bridgehead atoms. The smallest absolute Gasteiger partial charge is 0.309 e. The Morgan fingerprint density at radius 3 is 2.75 bits per heavy atom. The second-order valence-corrected chi connectivity index (χ2v) is 5.63. The third kappa shape index (κ3) is 4.56. The molecule has 0 radical (unpaired) electrons. The van der Waals surface area contributed by atoms with E-state index in [9.17, 15) is 9.59 Å². The lowest BCUT2D eigenvalue weighted by molar-refractivity contribution is -0.139. The molecule has 1 saturated heterocycles. The largest absolute Gasteiger partial charge is 0.356 e. The molecule has 2 heterocycles. The Bertz CT molecular complexity index is 645. The highest BCUT2D eigenvalue weighted by atomic mass is 16.2. The van der Waals surface area contributed by atoms with Gasteiger partial charge in [0.25, 0.3) is 0 Å². The van der Waals surface area contributed by atoms with Gasteiger partial charge in [-0.3, -0.25) is 9.59 Å². The second-order valence-electron chi connectivity index (χ2n) is 5.63. The van der Waals surface area contributed by atoms with E-state index in [0.717, 1.165) is 25.9 Å². The number of carbonyl (C=O) groups is 2. The van der Waals surface area contributed by atoms with Crippen LogP contribution in [0.5, 0.6) is 0 Å². The van der Waals surface area contributed by atoms with Crippen molar-refractivity contribution in [3.8, 4) is 6.07 Å². The molecule has 1 aromatic heterocycles. The molecule has 1 aromatic rings. The first-order valence-corrected chi connectivity index (χ1v) is 7.92. The first kappa shape index (κ1) is 17.5. The summed E-state index contributed by atoms with van der Waals surface area (Å²) in [5, 5.41) is 14.3. The lowest BCUT2D eigenvalue weighted by atomic mass is 9.96. The van der Waals surface area contributed by atoms with Gasteiger partial charge >= 0.3 is 11.8 Å². The van der Waals surface area contributed by atoms with Crippen LogP contribution in [0.4, 0.5) is 5.82 Å². The Morgan fingerprint density at radius 1 is 1.38 bits per heavy atom. The first-order valence-electron chi connectivity index (χ1n) is 7.92. The van der Waals surface area contributed by atoms with E-state index in [0.29, 0.717) is 23.8 Å². The number of pyridine rings is 1. The maximum atomic E-state index is 11.6. The summed E-state index contributed by atoms with van der Waals surface area (Å²) in [5.41, 5.74) is 0.572. The van der Waals surface area contributed by atoms with Gasteiger partial charge in [0.1, 0.15) is 11.9 Å². The van der Waals surface area contributed by atoms with Crippen LogP contribution in [0.1, 0.15) is 18.4 Å². The molecule has 24 heavy (non-hydrogen) atoms. The van der Waals surface area contributed by atoms with Crippen molar-refractivity contribution in [2.24, 2.45) is 5.92 Å². The van der Waals surface area contributed by atoms with Crippen LogP contribution in [0.2, 0.25) is 0 Å². The predicted octanol–water partition coefficient (Wildman–Crippen LogP) is 0.588. The van der Waals surface area contributed by atoms with Crippen LogP contribution in [0, 0.1) is 17.2 Å². The van der Waals surface area contributed by atoms with Crippen molar-refractivity contribution in [3.05, 3.63) is 36.5 Å². The minimum absolute atomic E-state index is 0.274. The molecular formula is C17H21N5O2. The van der Waals surface area contributed by atoms with E-state index in [1.165, 1.54) is 6.08 Å². The summed E-state index contributed by atoms with van der Waals surface area (Å²) in [7, 11) is 0. The average molecular weight is 327 g/mol. The molecule has 2 amide bonds. The van der Waals surface area contributed by atoms with Gasteiger partial charge in [-0.1, -0.05) is 6.08 Å². The summed E-state index contributed by atoms with van der Waals surface area (Å²) in [6, 6.07) is 5.67. The van der Waals surface area contributed by atoms with E-state index in [1.54, 1.807) is 18.3 Å². The monoisotopic (exact) mass is 327 g/mol. The summed E-state index contributed by atoms with van der Waals surface area (Å²) in [4.78, 5) is 29.5. The molecule has 1 fully saturated rings. The Hall–Kier alpha value is -2.88. The van der Waals surface area contributed by atoms with E-state index >= 15 is 0 Å². The molecular weight excluding hydrogens is 306 g/mol. The van der Waals surface area contributed by atoms with E-state index in [4.69, 9.17) is 5.26 Å². The zero-order chi connectivity index (χ0) is 17.4. The molecule has 0 aliphatic carbocycles. The molecule has 0 saturated carbocycles. The topological polar surface area (TPSA) is 98.1 Å². The minimum atomic E-state index is -0.639. The summed E-state index contributed by atoms with van der Waals surface area (Å²) in [6.45, 7) is 5.77. The summed E-state index contributed by atoms with van der Waals surface area (Å²) in [5.74, 6) is -0.229. The van der Waals surface area contributed by atoms with E-state index in [-0.39, 0.29) is 6.54 Å². The van der Waals surface area contributed by atoms with Gasteiger partial charge in [-0.25, -0.2) is 4.98 Å². The number of aromatic nitrogens is 1. The maximum Gasteiger partial charge on any atom is 0.309 e. The molecule has 2 rings (SSSR count). The number of hydrogen-bond acceptors (Lipinski definition) is 5. The standard InChI is InChI=1S/C17H21N5O2/c1-2-7-20-16(23)17(24)21-12-13-5-9-22(10-6-13)15-14(11-18)4-3-8-19-15/h2-4,8,13H,1,5-7,9-10,12H2,(H,20,23)(H,21,24). The lowest BCUT2D eigenvalue weighted by Gasteiger charge is -2.33. The third-order valence-corrected chi connectivity index (χ3v) is 3.99. The zero-order valence-electron chi connectivity index (χ0n) is 13.5. The summed E-state index contributed by atoms with van der Waals surface area (Å²) >= 11 is 0. The SMILES string of the molecule is C=CCNC(=O)C(=O)NCC1CCN(c2ncccc2C#N)CC1. The number of rotatable bonds is 5. The predicted molar refractivity (Wildman–Crippen MR) is 90.1 cm³/mol. The van der Waals surface area contributed by atoms with Gasteiger partial charge in [-0.05, 0) is 30.9 Å².